The molecule has 0 aliphatic heterocycles. The summed E-state index contributed by atoms with van der Waals surface area (Å²) in [6, 6.07) is 13.4. The van der Waals surface area contributed by atoms with Gasteiger partial charge in [-0.3, -0.25) is 4.79 Å². The van der Waals surface area contributed by atoms with Gasteiger partial charge in [-0.1, -0.05) is 6.07 Å². The number of methoxy groups -OCH3 is 2. The van der Waals surface area contributed by atoms with E-state index in [9.17, 15) is 4.79 Å². The van der Waals surface area contributed by atoms with Crippen LogP contribution in [0.2, 0.25) is 0 Å². The Morgan fingerprint density at radius 3 is 2.36 bits per heavy atom. The Labute approximate surface area is 144 Å². The monoisotopic (exact) mass is 411 g/mol. The number of ether oxygens (including phenoxy) is 2. The van der Waals surface area contributed by atoms with Gasteiger partial charge in [0, 0.05) is 15.7 Å². The lowest BCUT2D eigenvalue weighted by Crippen LogP contribution is -2.12. The van der Waals surface area contributed by atoms with Gasteiger partial charge in [-0.25, -0.2) is 0 Å². The van der Waals surface area contributed by atoms with Gasteiger partial charge in [-0.05, 0) is 71.0 Å². The van der Waals surface area contributed by atoms with Crippen molar-refractivity contribution < 1.29 is 14.3 Å². The average Bonchev–Trinajstić information content (AvgIpc) is 2.54. The number of halogens is 1. The maximum absolute atomic E-state index is 12.0. The fourth-order valence-electron chi connectivity index (χ4n) is 2.05. The van der Waals surface area contributed by atoms with Crippen LogP contribution >= 0.6 is 22.6 Å². The maximum Gasteiger partial charge on any atom is 0.224 e. The largest absolute Gasteiger partial charge is 0.493 e. The molecule has 0 spiro atoms. The third kappa shape index (κ3) is 4.62. The summed E-state index contributed by atoms with van der Waals surface area (Å²) in [7, 11) is 3.21. The summed E-state index contributed by atoms with van der Waals surface area (Å²) in [5.74, 6) is 1.36. The number of anilines is 1. The van der Waals surface area contributed by atoms with Gasteiger partial charge < -0.3 is 14.8 Å². The summed E-state index contributed by atoms with van der Waals surface area (Å²) in [5.41, 5.74) is 1.85. The van der Waals surface area contributed by atoms with Crippen LogP contribution in [0.5, 0.6) is 11.5 Å². The number of benzene rings is 2. The van der Waals surface area contributed by atoms with Crippen LogP contribution < -0.4 is 14.8 Å². The number of carbonyl (C=O) groups is 1. The van der Waals surface area contributed by atoms with Crippen molar-refractivity contribution in [3.05, 3.63) is 51.6 Å². The van der Waals surface area contributed by atoms with Crippen LogP contribution in [-0.2, 0) is 11.2 Å². The molecule has 116 valence electrons. The van der Waals surface area contributed by atoms with Crippen LogP contribution in [0, 0.1) is 3.57 Å². The van der Waals surface area contributed by atoms with Crippen molar-refractivity contribution in [3.8, 4) is 11.5 Å². The van der Waals surface area contributed by atoms with E-state index < -0.39 is 0 Å². The van der Waals surface area contributed by atoms with E-state index in [1.54, 1.807) is 14.2 Å². The lowest BCUT2D eigenvalue weighted by Gasteiger charge is -2.10. The van der Waals surface area contributed by atoms with E-state index >= 15 is 0 Å². The number of carbonyl (C=O) groups excluding carboxylic acids is 1. The first-order valence-corrected chi connectivity index (χ1v) is 7.96. The molecule has 1 amide bonds. The number of rotatable bonds is 6. The molecule has 1 N–H and O–H groups in total. The van der Waals surface area contributed by atoms with E-state index in [1.807, 2.05) is 42.5 Å². The standard InChI is InChI=1S/C17H18INO3/c1-21-15-9-3-12(11-16(15)22-2)4-10-17(20)19-14-7-5-13(18)6-8-14/h3,5-9,11H,4,10H2,1-2H3,(H,19,20). The first kappa shape index (κ1) is 16.6. The lowest BCUT2D eigenvalue weighted by molar-refractivity contribution is -0.116. The third-order valence-electron chi connectivity index (χ3n) is 3.22. The summed E-state index contributed by atoms with van der Waals surface area (Å²) in [5, 5.41) is 2.89. The summed E-state index contributed by atoms with van der Waals surface area (Å²) in [4.78, 5) is 12.0. The fourth-order valence-corrected chi connectivity index (χ4v) is 2.41. The van der Waals surface area contributed by atoms with E-state index in [1.165, 1.54) is 0 Å². The van der Waals surface area contributed by atoms with E-state index in [0.29, 0.717) is 24.3 Å². The highest BCUT2D eigenvalue weighted by Gasteiger charge is 2.07. The Hall–Kier alpha value is -1.76. The molecule has 0 saturated carbocycles. The number of aryl methyl sites for hydroxylation is 1. The highest BCUT2D eigenvalue weighted by atomic mass is 127. The quantitative estimate of drug-likeness (QED) is 0.735. The molecule has 0 unspecified atom stereocenters. The zero-order valence-electron chi connectivity index (χ0n) is 12.6. The van der Waals surface area contributed by atoms with Crippen molar-refractivity contribution in [2.45, 2.75) is 12.8 Å². The molecule has 4 nitrogen and oxygen atoms in total. The van der Waals surface area contributed by atoms with Crippen molar-refractivity contribution in [3.63, 3.8) is 0 Å². The van der Waals surface area contributed by atoms with Gasteiger partial charge in [-0.2, -0.15) is 0 Å². The molecule has 0 fully saturated rings. The molecule has 5 heteroatoms. The zero-order valence-corrected chi connectivity index (χ0v) is 14.7. The second kappa shape index (κ2) is 8.03. The average molecular weight is 411 g/mol. The van der Waals surface area contributed by atoms with Crippen LogP contribution in [0.25, 0.3) is 0 Å². The highest BCUT2D eigenvalue weighted by Crippen LogP contribution is 2.28. The number of nitrogens with one attached hydrogen (secondary N) is 1. The van der Waals surface area contributed by atoms with Gasteiger partial charge >= 0.3 is 0 Å². The smallest absolute Gasteiger partial charge is 0.224 e. The number of hydrogen-bond donors (Lipinski definition) is 1. The molecular formula is C17H18INO3. The van der Waals surface area contributed by atoms with E-state index in [4.69, 9.17) is 9.47 Å². The first-order chi connectivity index (χ1) is 10.6. The van der Waals surface area contributed by atoms with Crippen molar-refractivity contribution in [2.24, 2.45) is 0 Å². The normalized spacial score (nSPS) is 10.1. The van der Waals surface area contributed by atoms with Crippen molar-refractivity contribution in [1.82, 2.24) is 0 Å². The molecular weight excluding hydrogens is 393 g/mol. The van der Waals surface area contributed by atoms with Gasteiger partial charge in [0.2, 0.25) is 5.91 Å². The third-order valence-corrected chi connectivity index (χ3v) is 3.94. The first-order valence-electron chi connectivity index (χ1n) is 6.88. The predicted molar refractivity (Wildman–Crippen MR) is 95.7 cm³/mol. The molecule has 2 rings (SSSR count). The zero-order chi connectivity index (χ0) is 15.9. The molecule has 0 aliphatic carbocycles. The Morgan fingerprint density at radius 1 is 1.05 bits per heavy atom. The summed E-state index contributed by atoms with van der Waals surface area (Å²) < 4.78 is 11.6. The summed E-state index contributed by atoms with van der Waals surface area (Å²) >= 11 is 2.23. The molecule has 0 radical (unpaired) electrons. The molecule has 22 heavy (non-hydrogen) atoms. The molecule has 2 aromatic carbocycles. The molecule has 0 heterocycles. The van der Waals surface area contributed by atoms with Crippen LogP contribution in [0.15, 0.2) is 42.5 Å². The van der Waals surface area contributed by atoms with Crippen LogP contribution in [0.3, 0.4) is 0 Å². The van der Waals surface area contributed by atoms with Gasteiger partial charge in [0.1, 0.15) is 0 Å². The maximum atomic E-state index is 12.0. The number of hydrogen-bond acceptors (Lipinski definition) is 3. The van der Waals surface area contributed by atoms with E-state index in [2.05, 4.69) is 27.9 Å². The SMILES string of the molecule is COc1ccc(CCC(=O)Nc2ccc(I)cc2)cc1OC. The van der Waals surface area contributed by atoms with Gasteiger partial charge in [0.25, 0.3) is 0 Å². The van der Waals surface area contributed by atoms with E-state index in [-0.39, 0.29) is 5.91 Å². The minimum Gasteiger partial charge on any atom is -0.493 e. The van der Waals surface area contributed by atoms with Crippen LogP contribution in [0.4, 0.5) is 5.69 Å². The second-order valence-electron chi connectivity index (χ2n) is 4.74. The predicted octanol–water partition coefficient (Wildman–Crippen LogP) is 3.88. The fraction of sp³-hybridized carbons (Fsp3) is 0.235. The summed E-state index contributed by atoms with van der Waals surface area (Å²) in [6.45, 7) is 0. The highest BCUT2D eigenvalue weighted by molar-refractivity contribution is 14.1. The Morgan fingerprint density at radius 2 is 1.73 bits per heavy atom. The molecule has 0 aromatic heterocycles. The van der Waals surface area contributed by atoms with Crippen molar-refractivity contribution in [1.29, 1.82) is 0 Å². The van der Waals surface area contributed by atoms with Gasteiger partial charge in [0.05, 0.1) is 14.2 Å². The van der Waals surface area contributed by atoms with Crippen molar-refractivity contribution >= 4 is 34.2 Å². The lowest BCUT2D eigenvalue weighted by atomic mass is 10.1. The Balaban J connectivity index is 1.92. The molecule has 2 aromatic rings. The van der Waals surface area contributed by atoms with Crippen LogP contribution in [0.1, 0.15) is 12.0 Å². The Bertz CT molecular complexity index is 641. The second-order valence-corrected chi connectivity index (χ2v) is 5.99. The minimum atomic E-state index is -0.00371. The molecule has 0 bridgehead atoms. The van der Waals surface area contributed by atoms with Crippen LogP contribution in [-0.4, -0.2) is 20.1 Å². The minimum absolute atomic E-state index is 0.00371. The molecule has 0 aliphatic rings. The number of amides is 1. The van der Waals surface area contributed by atoms with Crippen molar-refractivity contribution in [2.75, 3.05) is 19.5 Å². The Kier molecular flexibility index (Phi) is 6.06. The molecule has 0 atom stereocenters. The molecule has 0 saturated heterocycles. The summed E-state index contributed by atoms with van der Waals surface area (Å²) in [6.07, 6.45) is 1.07. The topological polar surface area (TPSA) is 47.6 Å². The van der Waals surface area contributed by atoms with Gasteiger partial charge in [-0.15, -0.1) is 0 Å². The van der Waals surface area contributed by atoms with E-state index in [0.717, 1.165) is 14.8 Å². The van der Waals surface area contributed by atoms with Gasteiger partial charge in [0.15, 0.2) is 11.5 Å².